The van der Waals surface area contributed by atoms with Gasteiger partial charge in [-0.1, -0.05) is 6.92 Å². The number of aryl methyl sites for hydroxylation is 2. The van der Waals surface area contributed by atoms with Crippen molar-refractivity contribution in [2.24, 2.45) is 11.8 Å². The second-order valence-corrected chi connectivity index (χ2v) is 6.12. The molecule has 0 bridgehead atoms. The third kappa shape index (κ3) is 4.05. The van der Waals surface area contributed by atoms with E-state index in [9.17, 15) is 5.11 Å². The number of fused-ring (bicyclic) bond motifs is 1. The summed E-state index contributed by atoms with van der Waals surface area (Å²) < 4.78 is 6.11. The van der Waals surface area contributed by atoms with Crippen molar-refractivity contribution in [2.45, 2.75) is 45.3 Å². The number of aliphatic hydroxyl groups excluding tert-OH is 1. The van der Waals surface area contributed by atoms with Crippen LogP contribution in [0.3, 0.4) is 0 Å². The molecule has 2 heterocycles. The van der Waals surface area contributed by atoms with Gasteiger partial charge in [-0.15, -0.1) is 24.8 Å². The zero-order chi connectivity index (χ0) is 14.1. The van der Waals surface area contributed by atoms with Crippen LogP contribution in [0.25, 0.3) is 0 Å². The molecule has 4 atom stereocenters. The number of nitrogens with zero attached hydrogens (tertiary/aromatic N) is 1. The molecule has 2 fully saturated rings. The lowest BCUT2D eigenvalue weighted by Crippen LogP contribution is -2.42. The lowest BCUT2D eigenvalue weighted by Gasteiger charge is -2.35. The van der Waals surface area contributed by atoms with E-state index in [4.69, 9.17) is 4.74 Å². The third-order valence-corrected chi connectivity index (χ3v) is 4.67. The largest absolute Gasteiger partial charge is 0.486 e. The van der Waals surface area contributed by atoms with Crippen LogP contribution in [-0.2, 0) is 6.42 Å². The summed E-state index contributed by atoms with van der Waals surface area (Å²) in [5, 5.41) is 13.7. The average molecular weight is 349 g/mol. The number of pyridine rings is 1. The normalized spacial score (nSPS) is 30.0. The van der Waals surface area contributed by atoms with Crippen molar-refractivity contribution in [1.82, 2.24) is 10.3 Å². The molecule has 1 aliphatic heterocycles. The van der Waals surface area contributed by atoms with E-state index in [-0.39, 0.29) is 37.0 Å². The minimum atomic E-state index is -0.359. The van der Waals surface area contributed by atoms with Crippen molar-refractivity contribution in [3.8, 4) is 5.75 Å². The van der Waals surface area contributed by atoms with E-state index in [1.165, 1.54) is 0 Å². The van der Waals surface area contributed by atoms with Crippen LogP contribution < -0.4 is 10.1 Å². The van der Waals surface area contributed by atoms with Crippen LogP contribution in [0, 0.1) is 18.8 Å². The van der Waals surface area contributed by atoms with Crippen molar-refractivity contribution in [1.29, 1.82) is 0 Å². The van der Waals surface area contributed by atoms with E-state index in [1.807, 2.05) is 19.1 Å². The van der Waals surface area contributed by atoms with Gasteiger partial charge in [0.15, 0.2) is 0 Å². The van der Waals surface area contributed by atoms with Gasteiger partial charge in [0.25, 0.3) is 0 Å². The van der Waals surface area contributed by atoms with Gasteiger partial charge >= 0.3 is 0 Å². The van der Waals surface area contributed by atoms with Crippen molar-refractivity contribution < 1.29 is 9.84 Å². The second-order valence-electron chi connectivity index (χ2n) is 6.12. The Bertz CT molecular complexity index is 487. The molecule has 1 aromatic rings. The van der Waals surface area contributed by atoms with E-state index in [1.54, 1.807) is 0 Å². The lowest BCUT2D eigenvalue weighted by atomic mass is 9.78. The predicted molar refractivity (Wildman–Crippen MR) is 92.4 cm³/mol. The number of aliphatic hydroxyl groups is 1. The van der Waals surface area contributed by atoms with Gasteiger partial charge in [-0.2, -0.15) is 0 Å². The van der Waals surface area contributed by atoms with Crippen LogP contribution in [0.5, 0.6) is 5.75 Å². The van der Waals surface area contributed by atoms with Crippen molar-refractivity contribution in [2.75, 3.05) is 13.1 Å². The molecule has 22 heavy (non-hydrogen) atoms. The molecule has 0 radical (unpaired) electrons. The molecular weight excluding hydrogens is 323 g/mol. The van der Waals surface area contributed by atoms with E-state index >= 15 is 0 Å². The summed E-state index contributed by atoms with van der Waals surface area (Å²) in [7, 11) is 0. The van der Waals surface area contributed by atoms with Gasteiger partial charge in [0.05, 0.1) is 11.8 Å². The first-order valence-corrected chi connectivity index (χ1v) is 7.69. The SMILES string of the molecule is CCc1nc(C)ccc1O[C@@H]1C[C@@H]2CNC[C@@H]2C[C@H]1O.Cl.Cl. The Labute approximate surface area is 144 Å². The number of halogens is 2. The highest BCUT2D eigenvalue weighted by atomic mass is 35.5. The summed E-state index contributed by atoms with van der Waals surface area (Å²) >= 11 is 0. The summed E-state index contributed by atoms with van der Waals surface area (Å²) in [6.07, 6.45) is 2.19. The fraction of sp³-hybridized carbons (Fsp3) is 0.688. The summed E-state index contributed by atoms with van der Waals surface area (Å²) in [6.45, 7) is 6.18. The number of rotatable bonds is 3. The Hall–Kier alpha value is -0.550. The predicted octanol–water partition coefficient (Wildman–Crippen LogP) is 2.53. The third-order valence-electron chi connectivity index (χ3n) is 4.67. The molecule has 1 aromatic heterocycles. The van der Waals surface area contributed by atoms with Crippen LogP contribution in [0.4, 0.5) is 0 Å². The molecule has 1 aliphatic carbocycles. The molecule has 1 saturated carbocycles. The summed E-state index contributed by atoms with van der Waals surface area (Å²) in [5.74, 6) is 2.10. The van der Waals surface area contributed by atoms with Gasteiger partial charge in [-0.3, -0.25) is 4.98 Å². The first-order valence-electron chi connectivity index (χ1n) is 7.69. The number of hydrogen-bond donors (Lipinski definition) is 2. The highest BCUT2D eigenvalue weighted by Gasteiger charge is 2.40. The topological polar surface area (TPSA) is 54.4 Å². The maximum Gasteiger partial charge on any atom is 0.141 e. The number of aromatic nitrogens is 1. The van der Waals surface area contributed by atoms with Gasteiger partial charge < -0.3 is 15.2 Å². The highest BCUT2D eigenvalue weighted by Crippen LogP contribution is 2.35. The minimum absolute atomic E-state index is 0. The molecule has 6 heteroatoms. The molecule has 0 aromatic carbocycles. The average Bonchev–Trinajstić information content (AvgIpc) is 2.88. The fourth-order valence-corrected chi connectivity index (χ4v) is 3.50. The molecule has 0 amide bonds. The van der Waals surface area contributed by atoms with E-state index in [0.29, 0.717) is 11.8 Å². The van der Waals surface area contributed by atoms with Crippen LogP contribution in [-0.4, -0.2) is 35.4 Å². The zero-order valence-corrected chi connectivity index (χ0v) is 14.8. The Morgan fingerprint density at radius 3 is 2.59 bits per heavy atom. The molecule has 1 saturated heterocycles. The smallest absolute Gasteiger partial charge is 0.141 e. The maximum atomic E-state index is 10.3. The Kier molecular flexibility index (Phi) is 7.39. The van der Waals surface area contributed by atoms with Crippen molar-refractivity contribution >= 4 is 24.8 Å². The standard InChI is InChI=1S/C16H24N2O2.2ClH/c1-3-13-15(5-4-10(2)18-13)20-16-7-12-9-17-8-11(12)6-14(16)19;;/h4-5,11-12,14,16-17,19H,3,6-9H2,1-2H3;2*1H/t11-,12+,14+,16+;;/m0../s1. The fourth-order valence-electron chi connectivity index (χ4n) is 3.50. The molecule has 4 nitrogen and oxygen atoms in total. The summed E-state index contributed by atoms with van der Waals surface area (Å²) in [4.78, 5) is 4.53. The van der Waals surface area contributed by atoms with Gasteiger partial charge in [0, 0.05) is 5.69 Å². The van der Waals surface area contributed by atoms with Gasteiger partial charge in [0.1, 0.15) is 11.9 Å². The monoisotopic (exact) mass is 348 g/mol. The van der Waals surface area contributed by atoms with Gasteiger partial charge in [-0.05, 0) is 63.2 Å². The quantitative estimate of drug-likeness (QED) is 0.881. The maximum absolute atomic E-state index is 10.3. The number of hydrogen-bond acceptors (Lipinski definition) is 4. The minimum Gasteiger partial charge on any atom is -0.486 e. The molecule has 2 N–H and O–H groups in total. The van der Waals surface area contributed by atoms with Crippen LogP contribution >= 0.6 is 24.8 Å². The van der Waals surface area contributed by atoms with E-state index < -0.39 is 0 Å². The molecule has 0 spiro atoms. The van der Waals surface area contributed by atoms with Crippen LogP contribution in [0.1, 0.15) is 31.2 Å². The van der Waals surface area contributed by atoms with Gasteiger partial charge in [-0.25, -0.2) is 0 Å². The van der Waals surface area contributed by atoms with Crippen LogP contribution in [0.2, 0.25) is 0 Å². The van der Waals surface area contributed by atoms with Crippen molar-refractivity contribution in [3.05, 3.63) is 23.5 Å². The first-order chi connectivity index (χ1) is 9.67. The Morgan fingerprint density at radius 2 is 1.91 bits per heavy atom. The molecule has 3 rings (SSSR count). The summed E-state index contributed by atoms with van der Waals surface area (Å²) in [5.41, 5.74) is 2.00. The molecule has 126 valence electrons. The Balaban J connectivity index is 0.00000121. The number of nitrogens with one attached hydrogen (secondary N) is 1. The van der Waals surface area contributed by atoms with Crippen molar-refractivity contribution in [3.63, 3.8) is 0 Å². The van der Waals surface area contributed by atoms with Crippen LogP contribution in [0.15, 0.2) is 12.1 Å². The Morgan fingerprint density at radius 1 is 1.23 bits per heavy atom. The van der Waals surface area contributed by atoms with E-state index in [2.05, 4.69) is 17.2 Å². The zero-order valence-electron chi connectivity index (χ0n) is 13.1. The molecule has 2 aliphatic rings. The molecule has 0 unspecified atom stereocenters. The summed E-state index contributed by atoms with van der Waals surface area (Å²) in [6, 6.07) is 3.97. The lowest BCUT2D eigenvalue weighted by molar-refractivity contribution is -0.0237. The highest BCUT2D eigenvalue weighted by molar-refractivity contribution is 5.85. The molecular formula is C16H26Cl2N2O2. The number of ether oxygens (including phenoxy) is 1. The second kappa shape index (κ2) is 8.34. The first kappa shape index (κ1) is 19.5. The van der Waals surface area contributed by atoms with Gasteiger partial charge in [0.2, 0.25) is 0 Å². The van der Waals surface area contributed by atoms with E-state index in [0.717, 1.165) is 49.5 Å².